The predicted octanol–water partition coefficient (Wildman–Crippen LogP) is 2.97. The van der Waals surface area contributed by atoms with Crippen LogP contribution in [0.5, 0.6) is 0 Å². The Bertz CT molecular complexity index is 566. The highest BCUT2D eigenvalue weighted by molar-refractivity contribution is 5.91. The van der Waals surface area contributed by atoms with Gasteiger partial charge in [0.15, 0.2) is 0 Å². The molecule has 0 spiro atoms. The molecule has 0 saturated heterocycles. The van der Waals surface area contributed by atoms with Crippen molar-refractivity contribution in [2.24, 2.45) is 5.92 Å². The minimum atomic E-state index is -4.41. The first-order valence-electron chi connectivity index (χ1n) is 7.52. The van der Waals surface area contributed by atoms with Gasteiger partial charge in [0.2, 0.25) is 11.8 Å². The van der Waals surface area contributed by atoms with Gasteiger partial charge in [0.1, 0.15) is 0 Å². The van der Waals surface area contributed by atoms with E-state index in [-0.39, 0.29) is 30.8 Å². The van der Waals surface area contributed by atoms with Gasteiger partial charge in [0.25, 0.3) is 0 Å². The summed E-state index contributed by atoms with van der Waals surface area (Å²) >= 11 is 0. The Labute approximate surface area is 132 Å². The van der Waals surface area contributed by atoms with Gasteiger partial charge in [-0.3, -0.25) is 9.59 Å². The number of carbonyl (C=O) groups excluding carboxylic acids is 2. The second-order valence-electron chi connectivity index (χ2n) is 5.63. The first-order chi connectivity index (χ1) is 10.8. The smallest absolute Gasteiger partial charge is 0.354 e. The van der Waals surface area contributed by atoms with Crippen LogP contribution in [0.1, 0.15) is 31.7 Å². The van der Waals surface area contributed by atoms with Crippen LogP contribution in [0.2, 0.25) is 0 Å². The fourth-order valence-corrected chi connectivity index (χ4v) is 2.40. The van der Waals surface area contributed by atoms with E-state index in [1.165, 1.54) is 24.0 Å². The highest BCUT2D eigenvalue weighted by Gasteiger charge is 2.30. The average Bonchev–Trinajstić information content (AvgIpc) is 2.40. The van der Waals surface area contributed by atoms with Gasteiger partial charge in [0.05, 0.1) is 5.56 Å². The van der Waals surface area contributed by atoms with Crippen molar-refractivity contribution in [1.29, 1.82) is 0 Å². The van der Waals surface area contributed by atoms with Crippen LogP contribution >= 0.6 is 0 Å². The quantitative estimate of drug-likeness (QED) is 0.903. The summed E-state index contributed by atoms with van der Waals surface area (Å²) in [5, 5.41) is 2.76. The Balaban J connectivity index is 1.95. The van der Waals surface area contributed by atoms with E-state index in [0.29, 0.717) is 5.69 Å². The Kier molecular flexibility index (Phi) is 5.28. The number of carbonyl (C=O) groups is 2. The number of hydrogen-bond donors (Lipinski definition) is 1. The molecule has 23 heavy (non-hydrogen) atoms. The number of hydrogen-bond acceptors (Lipinski definition) is 2. The summed E-state index contributed by atoms with van der Waals surface area (Å²) in [6, 6.07) is 4.41. The molecule has 1 aromatic carbocycles. The number of nitrogens with zero attached hydrogens (tertiary/aromatic N) is 1. The standard InChI is InChI=1S/C16H19F3N2O2/c1-11(22)21(10-9-20-15(23)12-3-2-4-12)14-7-5-13(6-8-14)16(17,18)19/h5-8,12H,2-4,9-10H2,1H3,(H,20,23). The minimum absolute atomic E-state index is 0.0211. The largest absolute Gasteiger partial charge is 0.416 e. The third-order valence-corrected chi connectivity index (χ3v) is 4.00. The molecule has 0 unspecified atom stereocenters. The fourth-order valence-electron chi connectivity index (χ4n) is 2.40. The summed E-state index contributed by atoms with van der Waals surface area (Å²) in [5.74, 6) is -0.248. The van der Waals surface area contributed by atoms with Crippen LogP contribution in [0.3, 0.4) is 0 Å². The van der Waals surface area contributed by atoms with Gasteiger partial charge in [0, 0.05) is 31.6 Å². The average molecular weight is 328 g/mol. The van der Waals surface area contributed by atoms with Crippen molar-refractivity contribution in [3.05, 3.63) is 29.8 Å². The van der Waals surface area contributed by atoms with Crippen molar-refractivity contribution in [3.63, 3.8) is 0 Å². The Morgan fingerprint density at radius 3 is 2.26 bits per heavy atom. The zero-order chi connectivity index (χ0) is 17.0. The maximum atomic E-state index is 12.6. The normalized spacial score (nSPS) is 15.0. The molecule has 1 N–H and O–H groups in total. The Morgan fingerprint density at radius 1 is 1.22 bits per heavy atom. The maximum absolute atomic E-state index is 12.6. The summed E-state index contributed by atoms with van der Waals surface area (Å²) in [7, 11) is 0. The van der Waals surface area contributed by atoms with E-state index in [9.17, 15) is 22.8 Å². The van der Waals surface area contributed by atoms with E-state index in [4.69, 9.17) is 0 Å². The molecular formula is C16H19F3N2O2. The third-order valence-electron chi connectivity index (χ3n) is 4.00. The summed E-state index contributed by atoms with van der Waals surface area (Å²) in [6.07, 6.45) is -1.57. The number of rotatable bonds is 5. The van der Waals surface area contributed by atoms with Gasteiger partial charge < -0.3 is 10.2 Å². The topological polar surface area (TPSA) is 49.4 Å². The monoisotopic (exact) mass is 328 g/mol. The molecule has 0 atom stereocenters. The zero-order valence-electron chi connectivity index (χ0n) is 12.8. The SMILES string of the molecule is CC(=O)N(CCNC(=O)C1CCC1)c1ccc(C(F)(F)F)cc1. The van der Waals surface area contributed by atoms with Crippen LogP contribution in [0.4, 0.5) is 18.9 Å². The van der Waals surface area contributed by atoms with Gasteiger partial charge in [-0.25, -0.2) is 0 Å². The van der Waals surface area contributed by atoms with Crippen LogP contribution < -0.4 is 10.2 Å². The van der Waals surface area contributed by atoms with Crippen molar-refractivity contribution < 1.29 is 22.8 Å². The molecule has 0 radical (unpaired) electrons. The molecule has 0 bridgehead atoms. The molecule has 1 fully saturated rings. The molecule has 1 aliphatic carbocycles. The molecule has 1 aromatic rings. The highest BCUT2D eigenvalue weighted by Crippen LogP contribution is 2.30. The summed E-state index contributed by atoms with van der Waals surface area (Å²) in [6.45, 7) is 1.83. The van der Waals surface area contributed by atoms with Gasteiger partial charge in [-0.1, -0.05) is 6.42 Å². The van der Waals surface area contributed by atoms with E-state index in [1.807, 2.05) is 0 Å². The molecular weight excluding hydrogens is 309 g/mol. The molecule has 2 amide bonds. The van der Waals surface area contributed by atoms with Crippen LogP contribution in [0.25, 0.3) is 0 Å². The molecule has 4 nitrogen and oxygen atoms in total. The van der Waals surface area contributed by atoms with Crippen LogP contribution in [-0.2, 0) is 15.8 Å². The van der Waals surface area contributed by atoms with E-state index >= 15 is 0 Å². The molecule has 1 saturated carbocycles. The lowest BCUT2D eigenvalue weighted by Crippen LogP contribution is -2.41. The van der Waals surface area contributed by atoms with E-state index in [2.05, 4.69) is 5.32 Å². The predicted molar refractivity (Wildman–Crippen MR) is 79.8 cm³/mol. The number of nitrogens with one attached hydrogen (secondary N) is 1. The molecule has 0 aliphatic heterocycles. The first-order valence-corrected chi connectivity index (χ1v) is 7.52. The number of halogens is 3. The van der Waals surface area contributed by atoms with Crippen LogP contribution in [0.15, 0.2) is 24.3 Å². The third kappa shape index (κ3) is 4.46. The van der Waals surface area contributed by atoms with E-state index in [1.54, 1.807) is 0 Å². The summed E-state index contributed by atoms with van der Waals surface area (Å²) in [4.78, 5) is 24.8. The summed E-state index contributed by atoms with van der Waals surface area (Å²) in [5.41, 5.74) is -0.383. The number of benzene rings is 1. The molecule has 7 heteroatoms. The molecule has 126 valence electrons. The molecule has 1 aliphatic rings. The van der Waals surface area contributed by atoms with Crippen molar-refractivity contribution in [1.82, 2.24) is 5.32 Å². The second-order valence-corrected chi connectivity index (χ2v) is 5.63. The fraction of sp³-hybridized carbons (Fsp3) is 0.500. The van der Waals surface area contributed by atoms with Crippen LogP contribution in [0, 0.1) is 5.92 Å². The number of amides is 2. The molecule has 0 heterocycles. The van der Waals surface area contributed by atoms with Crippen molar-refractivity contribution in [3.8, 4) is 0 Å². The van der Waals surface area contributed by atoms with Gasteiger partial charge >= 0.3 is 6.18 Å². The minimum Gasteiger partial charge on any atom is -0.354 e. The Morgan fingerprint density at radius 2 is 1.83 bits per heavy atom. The lowest BCUT2D eigenvalue weighted by atomic mass is 9.85. The summed E-state index contributed by atoms with van der Waals surface area (Å²) < 4.78 is 37.7. The Hall–Kier alpha value is -2.05. The molecule has 0 aromatic heterocycles. The first kappa shape index (κ1) is 17.3. The van der Waals surface area contributed by atoms with Gasteiger partial charge in [-0.15, -0.1) is 0 Å². The number of alkyl halides is 3. The second kappa shape index (κ2) is 7.02. The van der Waals surface area contributed by atoms with Gasteiger partial charge in [-0.2, -0.15) is 13.2 Å². The lowest BCUT2D eigenvalue weighted by Gasteiger charge is -2.26. The van der Waals surface area contributed by atoms with Crippen molar-refractivity contribution in [2.75, 3.05) is 18.0 Å². The maximum Gasteiger partial charge on any atom is 0.416 e. The van der Waals surface area contributed by atoms with E-state index in [0.717, 1.165) is 31.4 Å². The number of anilines is 1. The zero-order valence-corrected chi connectivity index (χ0v) is 12.8. The van der Waals surface area contributed by atoms with Crippen LogP contribution in [-0.4, -0.2) is 24.9 Å². The lowest BCUT2D eigenvalue weighted by molar-refractivity contribution is -0.137. The van der Waals surface area contributed by atoms with Crippen molar-refractivity contribution in [2.45, 2.75) is 32.4 Å². The van der Waals surface area contributed by atoms with Gasteiger partial charge in [-0.05, 0) is 37.1 Å². The van der Waals surface area contributed by atoms with Crippen molar-refractivity contribution >= 4 is 17.5 Å². The highest BCUT2D eigenvalue weighted by atomic mass is 19.4. The van der Waals surface area contributed by atoms with E-state index < -0.39 is 11.7 Å². The molecule has 2 rings (SSSR count).